The van der Waals surface area contributed by atoms with Gasteiger partial charge in [0.2, 0.25) is 4.77 Å². The number of benzene rings is 2. The molecular formula is C22H25N3O5S. The normalized spacial score (nSPS) is 23.1. The van der Waals surface area contributed by atoms with Crippen LogP contribution in [0, 0.1) is 11.7 Å². The van der Waals surface area contributed by atoms with Crippen LogP contribution in [0.5, 0.6) is 5.75 Å². The number of aliphatic hydroxyl groups is 3. The van der Waals surface area contributed by atoms with Crippen LogP contribution in [0.2, 0.25) is 0 Å². The van der Waals surface area contributed by atoms with Crippen LogP contribution in [-0.2, 0) is 4.74 Å². The van der Waals surface area contributed by atoms with E-state index >= 15 is 0 Å². The van der Waals surface area contributed by atoms with Crippen LogP contribution in [0.15, 0.2) is 54.6 Å². The van der Waals surface area contributed by atoms with Gasteiger partial charge in [-0.3, -0.25) is 9.99 Å². The molecule has 4 N–H and O–H groups in total. The molecule has 1 aliphatic rings. The van der Waals surface area contributed by atoms with Gasteiger partial charge < -0.3 is 24.8 Å². The smallest absolute Gasteiger partial charge is 0.201 e. The fourth-order valence-electron chi connectivity index (χ4n) is 3.85. The van der Waals surface area contributed by atoms with Crippen molar-refractivity contribution < 1.29 is 24.8 Å². The monoisotopic (exact) mass is 443 g/mol. The molecule has 2 aromatic carbocycles. The van der Waals surface area contributed by atoms with Crippen molar-refractivity contribution in [3.05, 3.63) is 65.1 Å². The Morgan fingerprint density at radius 3 is 2.32 bits per heavy atom. The molecule has 1 aromatic heterocycles. The number of aromatic nitrogens is 2. The van der Waals surface area contributed by atoms with E-state index < -0.39 is 31.1 Å². The second kappa shape index (κ2) is 8.81. The third kappa shape index (κ3) is 3.86. The summed E-state index contributed by atoms with van der Waals surface area (Å²) in [6.45, 7) is 1.47. The molecule has 1 aliphatic heterocycles. The van der Waals surface area contributed by atoms with Crippen molar-refractivity contribution in [1.29, 1.82) is 0 Å². The molecular weight excluding hydrogens is 418 g/mol. The van der Waals surface area contributed by atoms with Gasteiger partial charge in [-0.25, -0.2) is 4.68 Å². The Morgan fingerprint density at radius 1 is 1.06 bits per heavy atom. The minimum Gasteiger partial charge on any atom is -0.497 e. The molecule has 1 saturated heterocycles. The van der Waals surface area contributed by atoms with Crippen molar-refractivity contribution in [1.82, 2.24) is 9.24 Å². The van der Waals surface area contributed by atoms with Crippen molar-refractivity contribution in [3.8, 4) is 17.0 Å². The van der Waals surface area contributed by atoms with Gasteiger partial charge in [-0.15, -0.1) is 0 Å². The van der Waals surface area contributed by atoms with Gasteiger partial charge >= 0.3 is 0 Å². The third-order valence-electron chi connectivity index (χ3n) is 5.47. The SMILES string of the molecule is COc1ccc(Nn2c(-c3ccccc3)c(C)n([C@@H]3O[C@H](CO)[C@@H](O)[C@H]3O)c2=S)cc1. The van der Waals surface area contributed by atoms with E-state index in [4.69, 9.17) is 21.7 Å². The predicted molar refractivity (Wildman–Crippen MR) is 118 cm³/mol. The fourth-order valence-corrected chi connectivity index (χ4v) is 4.23. The fraction of sp³-hybridized carbons (Fsp3) is 0.318. The summed E-state index contributed by atoms with van der Waals surface area (Å²) in [6.07, 6.45) is -4.27. The summed E-state index contributed by atoms with van der Waals surface area (Å²) in [5.41, 5.74) is 6.55. The van der Waals surface area contributed by atoms with E-state index in [1.807, 2.05) is 61.5 Å². The summed E-state index contributed by atoms with van der Waals surface area (Å²) >= 11 is 5.75. The molecule has 3 aromatic rings. The first-order valence-electron chi connectivity index (χ1n) is 9.89. The largest absolute Gasteiger partial charge is 0.497 e. The molecule has 0 spiro atoms. The van der Waals surface area contributed by atoms with Crippen LogP contribution in [0.25, 0.3) is 11.3 Å². The molecule has 9 heteroatoms. The van der Waals surface area contributed by atoms with Gasteiger partial charge in [0.1, 0.15) is 24.1 Å². The molecule has 0 unspecified atom stereocenters. The minimum absolute atomic E-state index is 0.349. The lowest BCUT2D eigenvalue weighted by Crippen LogP contribution is -2.33. The van der Waals surface area contributed by atoms with Crippen molar-refractivity contribution >= 4 is 17.9 Å². The van der Waals surface area contributed by atoms with E-state index in [-0.39, 0.29) is 0 Å². The van der Waals surface area contributed by atoms with Crippen LogP contribution in [0.1, 0.15) is 11.9 Å². The van der Waals surface area contributed by atoms with Gasteiger partial charge in [0.25, 0.3) is 0 Å². The number of anilines is 1. The summed E-state index contributed by atoms with van der Waals surface area (Å²) in [5, 5.41) is 30.3. The highest BCUT2D eigenvalue weighted by atomic mass is 32.1. The molecule has 0 bridgehead atoms. The van der Waals surface area contributed by atoms with E-state index in [9.17, 15) is 15.3 Å². The van der Waals surface area contributed by atoms with Crippen LogP contribution in [-0.4, -0.2) is 56.6 Å². The van der Waals surface area contributed by atoms with E-state index in [0.717, 1.165) is 28.4 Å². The molecule has 0 saturated carbocycles. The first kappa shape index (κ1) is 21.5. The average Bonchev–Trinajstić information content (AvgIpc) is 3.21. The van der Waals surface area contributed by atoms with Crippen LogP contribution >= 0.6 is 12.2 Å². The summed E-state index contributed by atoms with van der Waals surface area (Å²) < 4.78 is 14.7. The molecule has 0 radical (unpaired) electrons. The number of hydrogen-bond acceptors (Lipinski definition) is 7. The first-order valence-corrected chi connectivity index (χ1v) is 10.3. The maximum Gasteiger partial charge on any atom is 0.201 e. The summed E-state index contributed by atoms with van der Waals surface area (Å²) in [7, 11) is 1.61. The van der Waals surface area contributed by atoms with Crippen LogP contribution < -0.4 is 10.2 Å². The minimum atomic E-state index is -1.23. The van der Waals surface area contributed by atoms with Crippen molar-refractivity contribution in [2.24, 2.45) is 0 Å². The first-order chi connectivity index (χ1) is 15.0. The van der Waals surface area contributed by atoms with Crippen molar-refractivity contribution in [2.75, 3.05) is 19.1 Å². The zero-order valence-electron chi connectivity index (χ0n) is 17.2. The van der Waals surface area contributed by atoms with Gasteiger partial charge in [0.15, 0.2) is 6.23 Å². The Balaban J connectivity index is 1.83. The van der Waals surface area contributed by atoms with Gasteiger partial charge in [-0.2, -0.15) is 0 Å². The van der Waals surface area contributed by atoms with Gasteiger partial charge in [-0.05, 0) is 43.4 Å². The van der Waals surface area contributed by atoms with E-state index in [0.29, 0.717) is 4.77 Å². The molecule has 164 valence electrons. The zero-order chi connectivity index (χ0) is 22.1. The van der Waals surface area contributed by atoms with E-state index in [1.54, 1.807) is 16.4 Å². The number of rotatable bonds is 6. The van der Waals surface area contributed by atoms with E-state index in [1.165, 1.54) is 0 Å². The highest BCUT2D eigenvalue weighted by Gasteiger charge is 2.44. The predicted octanol–water partition coefficient (Wildman–Crippen LogP) is 2.49. The molecule has 1 fully saturated rings. The number of methoxy groups -OCH3 is 1. The quantitative estimate of drug-likeness (QED) is 0.434. The summed E-state index contributed by atoms with van der Waals surface area (Å²) in [4.78, 5) is 0. The molecule has 8 nitrogen and oxygen atoms in total. The second-order valence-electron chi connectivity index (χ2n) is 7.36. The number of nitrogens with zero attached hydrogens (tertiary/aromatic N) is 2. The molecule has 4 atom stereocenters. The highest BCUT2D eigenvalue weighted by Crippen LogP contribution is 2.35. The topological polar surface area (TPSA) is 101 Å². The summed E-state index contributed by atoms with van der Waals surface area (Å²) in [5.74, 6) is 0.734. The van der Waals surface area contributed by atoms with E-state index in [2.05, 4.69) is 5.43 Å². The lowest BCUT2D eigenvalue weighted by Gasteiger charge is -2.18. The Kier molecular flexibility index (Phi) is 6.12. The molecule has 2 heterocycles. The Hall–Kier alpha value is -2.69. The standard InChI is InChI=1S/C22H25N3O5S/c1-13-18(14-6-4-3-5-7-14)25(23-15-8-10-16(29-2)11-9-15)22(31)24(13)21-20(28)19(27)17(12-26)30-21/h3-11,17,19-21,23,26-28H,12H2,1-2H3/t17-,19-,20-,21-/m1/s1. The maximum atomic E-state index is 10.6. The Morgan fingerprint density at radius 2 is 1.74 bits per heavy atom. The number of imidazole rings is 1. The maximum absolute atomic E-state index is 10.6. The number of hydrogen-bond donors (Lipinski definition) is 4. The van der Waals surface area contributed by atoms with Crippen LogP contribution in [0.3, 0.4) is 0 Å². The van der Waals surface area contributed by atoms with Gasteiger partial charge in [0.05, 0.1) is 25.1 Å². The number of aliphatic hydroxyl groups excluding tert-OH is 3. The average molecular weight is 444 g/mol. The van der Waals surface area contributed by atoms with Crippen molar-refractivity contribution in [2.45, 2.75) is 31.5 Å². The summed E-state index contributed by atoms with van der Waals surface area (Å²) in [6, 6.07) is 17.1. The van der Waals surface area contributed by atoms with Gasteiger partial charge in [0, 0.05) is 11.3 Å². The zero-order valence-corrected chi connectivity index (χ0v) is 18.0. The second-order valence-corrected chi connectivity index (χ2v) is 7.72. The lowest BCUT2D eigenvalue weighted by atomic mass is 10.1. The number of ether oxygens (including phenoxy) is 2. The highest BCUT2D eigenvalue weighted by molar-refractivity contribution is 7.71. The third-order valence-corrected chi connectivity index (χ3v) is 5.85. The molecule has 0 amide bonds. The Labute approximate surface area is 184 Å². The lowest BCUT2D eigenvalue weighted by molar-refractivity contribution is -0.0543. The molecule has 0 aliphatic carbocycles. The molecule has 31 heavy (non-hydrogen) atoms. The Bertz CT molecular complexity index is 1100. The van der Waals surface area contributed by atoms with Crippen molar-refractivity contribution in [3.63, 3.8) is 0 Å². The van der Waals surface area contributed by atoms with Crippen LogP contribution in [0.4, 0.5) is 5.69 Å². The van der Waals surface area contributed by atoms with Gasteiger partial charge in [-0.1, -0.05) is 30.3 Å². The molecule has 4 rings (SSSR count). The number of nitrogens with one attached hydrogen (secondary N) is 1.